The third-order valence-corrected chi connectivity index (χ3v) is 5.53. The van der Waals surface area contributed by atoms with Gasteiger partial charge in [-0.05, 0) is 60.2 Å². The summed E-state index contributed by atoms with van der Waals surface area (Å²) < 4.78 is 0. The number of nitrogens with zero attached hydrogens (tertiary/aromatic N) is 2. The average Bonchev–Trinajstić information content (AvgIpc) is 3.04. The number of unbranched alkanes of at least 4 members (excludes halogenated alkanes) is 2. The van der Waals surface area contributed by atoms with Crippen LogP contribution in [0.2, 0.25) is 0 Å². The van der Waals surface area contributed by atoms with Crippen LogP contribution in [0.3, 0.4) is 0 Å². The molecule has 2 amide bonds. The van der Waals surface area contributed by atoms with Crippen LogP contribution in [0.5, 0.6) is 0 Å². The number of nitriles is 1. The van der Waals surface area contributed by atoms with Crippen LogP contribution >= 0.6 is 0 Å². The Morgan fingerprint density at radius 3 is 1.83 bits per heavy atom. The minimum atomic E-state index is -0.172. The molecule has 3 aromatic carbocycles. The summed E-state index contributed by atoms with van der Waals surface area (Å²) >= 11 is 0. The second kappa shape index (κ2) is 8.75. The summed E-state index contributed by atoms with van der Waals surface area (Å²) in [5, 5.41) is 8.90. The Morgan fingerprint density at radius 2 is 1.27 bits per heavy atom. The zero-order chi connectivity index (χ0) is 20.9. The largest absolute Gasteiger partial charge is 0.274 e. The smallest absolute Gasteiger partial charge is 0.261 e. The fourth-order valence-corrected chi connectivity index (χ4v) is 3.82. The van der Waals surface area contributed by atoms with Gasteiger partial charge in [0.15, 0.2) is 0 Å². The van der Waals surface area contributed by atoms with Crippen molar-refractivity contribution in [2.45, 2.75) is 25.7 Å². The second-order valence-electron chi connectivity index (χ2n) is 7.50. The van der Waals surface area contributed by atoms with E-state index in [1.165, 1.54) is 10.5 Å². The first-order valence-electron chi connectivity index (χ1n) is 10.2. The van der Waals surface area contributed by atoms with Crippen LogP contribution in [0.1, 0.15) is 51.1 Å². The van der Waals surface area contributed by atoms with Gasteiger partial charge in [-0.15, -0.1) is 0 Å². The van der Waals surface area contributed by atoms with Crippen LogP contribution in [0.4, 0.5) is 0 Å². The Kier molecular flexibility index (Phi) is 5.72. The molecule has 0 N–H and O–H groups in total. The monoisotopic (exact) mass is 394 g/mol. The van der Waals surface area contributed by atoms with Gasteiger partial charge < -0.3 is 0 Å². The van der Waals surface area contributed by atoms with E-state index in [1.54, 1.807) is 24.3 Å². The van der Waals surface area contributed by atoms with E-state index < -0.39 is 0 Å². The quantitative estimate of drug-likeness (QED) is 0.407. The van der Waals surface area contributed by atoms with E-state index in [0.717, 1.165) is 36.8 Å². The summed E-state index contributed by atoms with van der Waals surface area (Å²) in [7, 11) is 0. The molecule has 0 aromatic heterocycles. The summed E-state index contributed by atoms with van der Waals surface area (Å²) in [4.78, 5) is 26.1. The number of imide groups is 1. The number of carbonyl (C=O) groups is 2. The van der Waals surface area contributed by atoms with Crippen LogP contribution in [0.15, 0.2) is 72.8 Å². The third-order valence-electron chi connectivity index (χ3n) is 5.53. The fourth-order valence-electron chi connectivity index (χ4n) is 3.82. The molecule has 1 aliphatic heterocycles. The maximum absolute atomic E-state index is 12.4. The molecule has 0 radical (unpaired) electrons. The van der Waals surface area contributed by atoms with E-state index in [2.05, 4.69) is 30.3 Å². The van der Waals surface area contributed by atoms with Crippen molar-refractivity contribution in [2.75, 3.05) is 6.54 Å². The van der Waals surface area contributed by atoms with Gasteiger partial charge in [0, 0.05) is 6.54 Å². The number of rotatable bonds is 7. The van der Waals surface area contributed by atoms with Crippen molar-refractivity contribution < 1.29 is 9.59 Å². The Hall–Kier alpha value is -3.71. The molecule has 1 heterocycles. The lowest BCUT2D eigenvalue weighted by molar-refractivity contribution is 0.0651. The molecule has 4 rings (SSSR count). The summed E-state index contributed by atoms with van der Waals surface area (Å²) in [5.74, 6) is -0.344. The Morgan fingerprint density at radius 1 is 0.700 bits per heavy atom. The summed E-state index contributed by atoms with van der Waals surface area (Å²) in [6.07, 6.45) is 3.76. The van der Waals surface area contributed by atoms with Gasteiger partial charge in [0.25, 0.3) is 11.8 Å². The first-order chi connectivity index (χ1) is 14.7. The maximum Gasteiger partial charge on any atom is 0.261 e. The fraction of sp³-hybridized carbons (Fsp3) is 0.192. The molecule has 0 fully saturated rings. The van der Waals surface area contributed by atoms with Crippen LogP contribution in [-0.2, 0) is 6.42 Å². The van der Waals surface area contributed by atoms with Gasteiger partial charge in [0.05, 0.1) is 22.8 Å². The normalized spacial score (nSPS) is 12.7. The Labute approximate surface area is 176 Å². The van der Waals surface area contributed by atoms with Crippen molar-refractivity contribution in [3.8, 4) is 17.2 Å². The van der Waals surface area contributed by atoms with Crippen molar-refractivity contribution in [2.24, 2.45) is 0 Å². The number of hydrogen-bond acceptors (Lipinski definition) is 3. The molecule has 0 saturated carbocycles. The van der Waals surface area contributed by atoms with E-state index in [9.17, 15) is 9.59 Å². The van der Waals surface area contributed by atoms with Crippen molar-refractivity contribution in [3.05, 3.63) is 95.1 Å². The van der Waals surface area contributed by atoms with Gasteiger partial charge in [0.2, 0.25) is 0 Å². The molecule has 1 aliphatic rings. The molecule has 0 aliphatic carbocycles. The molecule has 0 spiro atoms. The number of aryl methyl sites for hydroxylation is 1. The standard InChI is InChI=1S/C26H22N2O2/c27-18-20-11-15-22(16-12-20)21-13-9-19(10-14-21)6-2-1-5-17-28-25(29)23-7-3-4-8-24(23)26(28)30/h3-4,7-16H,1-2,5-6,17H2. The molecule has 30 heavy (non-hydrogen) atoms. The van der Waals surface area contributed by atoms with E-state index in [-0.39, 0.29) is 11.8 Å². The van der Waals surface area contributed by atoms with E-state index in [0.29, 0.717) is 23.2 Å². The summed E-state index contributed by atoms with van der Waals surface area (Å²) in [5.41, 5.74) is 5.20. The SMILES string of the molecule is N#Cc1ccc(-c2ccc(CCCCCN3C(=O)c4ccccc4C3=O)cc2)cc1. The van der Waals surface area contributed by atoms with Crippen molar-refractivity contribution in [1.29, 1.82) is 5.26 Å². The highest BCUT2D eigenvalue weighted by atomic mass is 16.2. The van der Waals surface area contributed by atoms with Gasteiger partial charge in [0.1, 0.15) is 0 Å². The predicted octanol–water partition coefficient (Wildman–Crippen LogP) is 5.23. The molecule has 3 aromatic rings. The Bertz CT molecular complexity index is 1070. The van der Waals surface area contributed by atoms with Gasteiger partial charge in [-0.1, -0.05) is 55.0 Å². The van der Waals surface area contributed by atoms with Crippen molar-refractivity contribution in [3.63, 3.8) is 0 Å². The lowest BCUT2D eigenvalue weighted by Crippen LogP contribution is -2.30. The zero-order valence-corrected chi connectivity index (χ0v) is 16.7. The summed E-state index contributed by atoms with van der Waals surface area (Å²) in [6.45, 7) is 0.476. The van der Waals surface area contributed by atoms with Gasteiger partial charge in [-0.25, -0.2) is 0 Å². The van der Waals surface area contributed by atoms with Gasteiger partial charge in [-0.2, -0.15) is 5.26 Å². The van der Waals surface area contributed by atoms with E-state index in [1.807, 2.05) is 24.3 Å². The lowest BCUT2D eigenvalue weighted by Gasteiger charge is -2.13. The highest BCUT2D eigenvalue weighted by Gasteiger charge is 2.34. The van der Waals surface area contributed by atoms with Gasteiger partial charge in [-0.3, -0.25) is 14.5 Å². The first kappa shape index (κ1) is 19.6. The minimum absolute atomic E-state index is 0.172. The number of carbonyl (C=O) groups excluding carboxylic acids is 2. The molecule has 148 valence electrons. The number of hydrogen-bond donors (Lipinski definition) is 0. The van der Waals surface area contributed by atoms with Crippen LogP contribution < -0.4 is 0 Å². The number of benzene rings is 3. The molecule has 0 bridgehead atoms. The number of amides is 2. The average molecular weight is 394 g/mol. The van der Waals surface area contributed by atoms with Crippen molar-refractivity contribution in [1.82, 2.24) is 4.90 Å². The van der Waals surface area contributed by atoms with E-state index >= 15 is 0 Å². The molecule has 0 saturated heterocycles. The predicted molar refractivity (Wildman–Crippen MR) is 116 cm³/mol. The molecule has 4 heteroatoms. The highest BCUT2D eigenvalue weighted by molar-refractivity contribution is 6.21. The van der Waals surface area contributed by atoms with Crippen LogP contribution in [0.25, 0.3) is 11.1 Å². The Balaban J connectivity index is 1.24. The highest BCUT2D eigenvalue weighted by Crippen LogP contribution is 2.23. The molecular formula is C26H22N2O2. The minimum Gasteiger partial charge on any atom is -0.274 e. The third kappa shape index (κ3) is 4.01. The zero-order valence-electron chi connectivity index (χ0n) is 16.7. The molecular weight excluding hydrogens is 372 g/mol. The topological polar surface area (TPSA) is 61.2 Å². The van der Waals surface area contributed by atoms with Crippen molar-refractivity contribution >= 4 is 11.8 Å². The lowest BCUT2D eigenvalue weighted by atomic mass is 10.0. The molecule has 0 unspecified atom stereocenters. The van der Waals surface area contributed by atoms with E-state index in [4.69, 9.17) is 5.26 Å². The van der Waals surface area contributed by atoms with Gasteiger partial charge >= 0.3 is 0 Å². The first-order valence-corrected chi connectivity index (χ1v) is 10.2. The van der Waals surface area contributed by atoms with Crippen LogP contribution in [-0.4, -0.2) is 23.3 Å². The molecule has 0 atom stereocenters. The second-order valence-corrected chi connectivity index (χ2v) is 7.50. The summed E-state index contributed by atoms with van der Waals surface area (Å²) in [6, 6.07) is 25.2. The molecule has 4 nitrogen and oxygen atoms in total. The number of fused-ring (bicyclic) bond motifs is 1. The maximum atomic E-state index is 12.4. The van der Waals surface area contributed by atoms with Crippen LogP contribution in [0, 0.1) is 11.3 Å².